The third-order valence-corrected chi connectivity index (χ3v) is 13.8. The zero-order chi connectivity index (χ0) is 52.7. The molecule has 1 fully saturated rings. The highest BCUT2D eigenvalue weighted by molar-refractivity contribution is 5.89. The van der Waals surface area contributed by atoms with Gasteiger partial charge in [-0.05, 0) is 94.0 Å². The monoisotopic (exact) mass is 1020 g/mol. The first-order valence-electron chi connectivity index (χ1n) is 24.7. The van der Waals surface area contributed by atoms with Gasteiger partial charge in [-0.2, -0.15) is 0 Å². The molecule has 0 aliphatic carbocycles. The number of carbonyl (C=O) groups is 1. The largest absolute Gasteiger partial charge is 0.497 e. The Bertz CT molecular complexity index is 3320. The summed E-state index contributed by atoms with van der Waals surface area (Å²) in [4.78, 5) is 36.3. The van der Waals surface area contributed by atoms with Crippen molar-refractivity contribution in [3.63, 3.8) is 0 Å². The number of ether oxygens (including phenoxy) is 8. The molecule has 0 unspecified atom stereocenters. The van der Waals surface area contributed by atoms with Gasteiger partial charge in [0, 0.05) is 0 Å². The highest BCUT2D eigenvalue weighted by Crippen LogP contribution is 2.48. The van der Waals surface area contributed by atoms with Crippen molar-refractivity contribution in [2.75, 3.05) is 41.7 Å². The van der Waals surface area contributed by atoms with Gasteiger partial charge in [0.05, 0.1) is 53.5 Å². The summed E-state index contributed by atoms with van der Waals surface area (Å²) in [6, 6.07) is 58.7. The fourth-order valence-electron chi connectivity index (χ4n) is 9.91. The number of methoxy groups -OCH3 is 4. The molecule has 1 N–H and O–H groups in total. The molecule has 1 aliphatic rings. The summed E-state index contributed by atoms with van der Waals surface area (Å²) in [6.45, 7) is -0.249. The number of nitrogens with zero attached hydrogens (tertiary/aromatic N) is 4. The second-order valence-electron chi connectivity index (χ2n) is 18.0. The van der Waals surface area contributed by atoms with Gasteiger partial charge in [0.2, 0.25) is 0 Å². The Morgan fingerprint density at radius 3 is 1.47 bits per heavy atom. The minimum absolute atomic E-state index is 0.0197. The van der Waals surface area contributed by atoms with Gasteiger partial charge in [0.1, 0.15) is 65.4 Å². The van der Waals surface area contributed by atoms with Crippen LogP contribution in [0.3, 0.4) is 0 Å². The second-order valence-corrected chi connectivity index (χ2v) is 18.0. The lowest BCUT2D eigenvalue weighted by Gasteiger charge is -2.40. The van der Waals surface area contributed by atoms with Gasteiger partial charge in [-0.3, -0.25) is 13.9 Å². The molecule has 2 aromatic heterocycles. The standard InChI is InChI=1S/C61H56N4O11/c1-69-48-28-20-44(21-29-48)60(42-16-10-6-11-17-42,45-22-30-49(70-2)31-23-45)74-38-52-54(66)55(58(75-52)65-40-62-53-56(65)63-39-64(57(53)67)36-37-73-59(68)41-14-8-5-9-15-41)76-61(43-18-12-7-13-19-43,46-24-32-50(71-3)33-25-46)47-26-34-51(72-4)35-27-47/h5-35,39-40,52,54-55,58,66H,36-38H2,1-4H3/t52-,54+,55-,58-/m1/s1. The number of hydrogen-bond acceptors (Lipinski definition) is 13. The first-order chi connectivity index (χ1) is 37.2. The molecule has 9 aromatic rings. The van der Waals surface area contributed by atoms with Crippen LogP contribution in [0, 0.1) is 0 Å². The molecule has 0 amide bonds. The fraction of sp³-hybridized carbons (Fsp3) is 0.213. The number of aliphatic hydroxyl groups is 1. The number of imidazole rings is 1. The predicted octanol–water partition coefficient (Wildman–Crippen LogP) is 9.13. The summed E-state index contributed by atoms with van der Waals surface area (Å²) >= 11 is 0. The molecule has 386 valence electrons. The van der Waals surface area contributed by atoms with E-state index >= 15 is 0 Å². The Kier molecular flexibility index (Phi) is 15.1. The fourth-order valence-corrected chi connectivity index (χ4v) is 9.91. The molecule has 0 saturated carbocycles. The zero-order valence-electron chi connectivity index (χ0n) is 42.3. The molecule has 1 aliphatic heterocycles. The quantitative estimate of drug-likeness (QED) is 0.0569. The van der Waals surface area contributed by atoms with Crippen LogP contribution in [0.1, 0.15) is 50.0 Å². The van der Waals surface area contributed by atoms with E-state index in [9.17, 15) is 14.7 Å². The van der Waals surface area contributed by atoms with Gasteiger partial charge in [0.15, 0.2) is 17.4 Å². The lowest BCUT2D eigenvalue weighted by molar-refractivity contribution is -0.123. The van der Waals surface area contributed by atoms with Crippen molar-refractivity contribution in [3.8, 4) is 23.0 Å². The first kappa shape index (κ1) is 50.9. The summed E-state index contributed by atoms with van der Waals surface area (Å²) in [7, 11) is 6.44. The van der Waals surface area contributed by atoms with Gasteiger partial charge in [-0.25, -0.2) is 14.8 Å². The van der Waals surface area contributed by atoms with E-state index in [-0.39, 0.29) is 30.9 Å². The third-order valence-electron chi connectivity index (χ3n) is 13.8. The van der Waals surface area contributed by atoms with Crippen LogP contribution in [-0.2, 0) is 36.7 Å². The number of hydrogen-bond donors (Lipinski definition) is 1. The molecule has 3 heterocycles. The average molecular weight is 1020 g/mol. The maximum absolute atomic E-state index is 14.2. The number of esters is 1. The summed E-state index contributed by atoms with van der Waals surface area (Å²) in [5.41, 5.74) is 1.92. The lowest BCUT2D eigenvalue weighted by atomic mass is 9.79. The van der Waals surface area contributed by atoms with Crippen molar-refractivity contribution in [2.45, 2.75) is 42.3 Å². The number of carbonyl (C=O) groups excluding carboxylic acids is 1. The molecule has 10 rings (SSSR count). The Labute approximate surface area is 439 Å². The van der Waals surface area contributed by atoms with Crippen LogP contribution in [0.25, 0.3) is 11.2 Å². The smallest absolute Gasteiger partial charge is 0.338 e. The zero-order valence-corrected chi connectivity index (χ0v) is 42.3. The molecule has 0 radical (unpaired) electrons. The maximum Gasteiger partial charge on any atom is 0.338 e. The number of rotatable bonds is 20. The van der Waals surface area contributed by atoms with Gasteiger partial charge >= 0.3 is 5.97 Å². The Balaban J connectivity index is 1.09. The van der Waals surface area contributed by atoms with Crippen LogP contribution in [-0.4, -0.2) is 90.1 Å². The van der Waals surface area contributed by atoms with Crippen molar-refractivity contribution in [1.29, 1.82) is 0 Å². The summed E-state index contributed by atoms with van der Waals surface area (Å²) < 4.78 is 53.0. The Hall–Kier alpha value is -8.60. The minimum Gasteiger partial charge on any atom is -0.497 e. The predicted molar refractivity (Wildman–Crippen MR) is 284 cm³/mol. The van der Waals surface area contributed by atoms with Crippen LogP contribution in [0.15, 0.2) is 206 Å². The van der Waals surface area contributed by atoms with E-state index in [0.29, 0.717) is 39.7 Å². The summed E-state index contributed by atoms with van der Waals surface area (Å²) in [5.74, 6) is 2.07. The van der Waals surface area contributed by atoms with E-state index < -0.39 is 47.3 Å². The van der Waals surface area contributed by atoms with Gasteiger partial charge in [-0.1, -0.05) is 127 Å². The van der Waals surface area contributed by atoms with Gasteiger partial charge in [-0.15, -0.1) is 0 Å². The van der Waals surface area contributed by atoms with Crippen molar-refractivity contribution in [3.05, 3.63) is 250 Å². The van der Waals surface area contributed by atoms with Crippen LogP contribution < -0.4 is 24.5 Å². The number of aromatic nitrogens is 4. The number of benzene rings is 7. The maximum atomic E-state index is 14.2. The summed E-state index contributed by atoms with van der Waals surface area (Å²) in [6.07, 6.45) is -2.03. The third kappa shape index (κ3) is 9.80. The Morgan fingerprint density at radius 2 is 1.00 bits per heavy atom. The molecular formula is C61H56N4O11. The van der Waals surface area contributed by atoms with Crippen molar-refractivity contribution in [2.24, 2.45) is 0 Å². The molecule has 0 spiro atoms. The molecular weight excluding hydrogens is 965 g/mol. The Morgan fingerprint density at radius 1 is 0.566 bits per heavy atom. The molecule has 0 bridgehead atoms. The highest BCUT2D eigenvalue weighted by Gasteiger charge is 2.53. The molecule has 1 saturated heterocycles. The van der Waals surface area contributed by atoms with E-state index in [0.717, 1.165) is 22.3 Å². The van der Waals surface area contributed by atoms with Crippen LogP contribution in [0.5, 0.6) is 23.0 Å². The number of aliphatic hydroxyl groups excluding tert-OH is 1. The number of fused-ring (bicyclic) bond motifs is 1. The molecule has 7 aromatic carbocycles. The summed E-state index contributed by atoms with van der Waals surface area (Å²) in [5, 5.41) is 13.2. The van der Waals surface area contributed by atoms with Gasteiger partial charge < -0.3 is 43.0 Å². The van der Waals surface area contributed by atoms with E-state index in [4.69, 9.17) is 42.9 Å². The van der Waals surface area contributed by atoms with E-state index in [1.807, 2.05) is 164 Å². The van der Waals surface area contributed by atoms with Crippen LogP contribution >= 0.6 is 0 Å². The topological polar surface area (TPSA) is 164 Å². The normalized spacial score (nSPS) is 16.5. The SMILES string of the molecule is COc1ccc(C(OC[C@H]2O[C@@H](n3cnc4c(=O)n(CCOC(=O)c5ccccc5)cnc43)[C@H](OC(c3ccccc3)(c3ccc(OC)cc3)c3ccc(OC)cc3)[C@H]2O)(c2ccccc2)c2ccc(OC)cc2)cc1. The van der Waals surface area contributed by atoms with E-state index in [2.05, 4.69) is 4.98 Å². The first-order valence-corrected chi connectivity index (χ1v) is 24.7. The highest BCUT2D eigenvalue weighted by atomic mass is 16.6. The van der Waals surface area contributed by atoms with Crippen LogP contribution in [0.4, 0.5) is 0 Å². The van der Waals surface area contributed by atoms with E-state index in [1.54, 1.807) is 57.3 Å². The average Bonchev–Trinajstić information content (AvgIpc) is 4.07. The van der Waals surface area contributed by atoms with Crippen molar-refractivity contribution < 1.29 is 47.8 Å². The molecule has 76 heavy (non-hydrogen) atoms. The second kappa shape index (κ2) is 22.5. The minimum atomic E-state index is -1.43. The van der Waals surface area contributed by atoms with Crippen LogP contribution in [0.2, 0.25) is 0 Å². The van der Waals surface area contributed by atoms with E-state index in [1.165, 1.54) is 17.2 Å². The molecule has 15 heteroatoms. The van der Waals surface area contributed by atoms with Crippen molar-refractivity contribution in [1.82, 2.24) is 19.1 Å². The van der Waals surface area contributed by atoms with Gasteiger partial charge in [0.25, 0.3) is 5.56 Å². The van der Waals surface area contributed by atoms with Crippen molar-refractivity contribution >= 4 is 17.1 Å². The lowest BCUT2D eigenvalue weighted by Crippen LogP contribution is -2.45. The molecule has 15 nitrogen and oxygen atoms in total. The molecule has 4 atom stereocenters.